The van der Waals surface area contributed by atoms with Gasteiger partial charge in [0.05, 0.1) is 12.7 Å². The highest BCUT2D eigenvalue weighted by Crippen LogP contribution is 2.16. The van der Waals surface area contributed by atoms with E-state index in [-0.39, 0.29) is 6.42 Å². The van der Waals surface area contributed by atoms with E-state index in [4.69, 9.17) is 10.8 Å². The monoisotopic (exact) mass is 223 g/mol. The maximum atomic E-state index is 11.2. The number of nitrogens with two attached hydrogens (primary N) is 1. The van der Waals surface area contributed by atoms with E-state index in [1.54, 1.807) is 12.1 Å². The molecule has 0 saturated carbocycles. The van der Waals surface area contributed by atoms with E-state index in [9.17, 15) is 9.59 Å². The number of aliphatic carboxylic acids is 1. The second kappa shape index (κ2) is 5.16. The summed E-state index contributed by atoms with van der Waals surface area (Å²) in [5.41, 5.74) is 7.18. The van der Waals surface area contributed by atoms with Crippen molar-refractivity contribution < 1.29 is 19.4 Å². The van der Waals surface area contributed by atoms with E-state index in [2.05, 4.69) is 4.74 Å². The van der Waals surface area contributed by atoms with Crippen LogP contribution in [-0.2, 0) is 16.0 Å². The Morgan fingerprint density at radius 1 is 1.44 bits per heavy atom. The van der Waals surface area contributed by atoms with E-state index in [1.807, 2.05) is 0 Å². The number of methoxy groups -OCH3 is 1. The fourth-order valence-electron chi connectivity index (χ4n) is 1.31. The molecule has 0 atom stereocenters. The molecule has 1 rings (SSSR count). The molecule has 0 amide bonds. The Morgan fingerprint density at radius 2 is 2.12 bits per heavy atom. The summed E-state index contributed by atoms with van der Waals surface area (Å²) in [6.45, 7) is 0. The summed E-state index contributed by atoms with van der Waals surface area (Å²) >= 11 is 0. The number of carbonyl (C=O) groups is 2. The topological polar surface area (TPSA) is 89.6 Å². The summed E-state index contributed by atoms with van der Waals surface area (Å²) < 4.78 is 4.54. The number of rotatable bonds is 4. The molecule has 5 heteroatoms. The van der Waals surface area contributed by atoms with Crippen LogP contribution in [0.25, 0.3) is 0 Å². The predicted molar refractivity (Wildman–Crippen MR) is 58.2 cm³/mol. The molecule has 3 N–H and O–H groups in total. The van der Waals surface area contributed by atoms with Crippen molar-refractivity contribution in [3.05, 3.63) is 29.3 Å². The zero-order chi connectivity index (χ0) is 12.1. The minimum Gasteiger partial charge on any atom is -0.481 e. The molecule has 86 valence electrons. The zero-order valence-electron chi connectivity index (χ0n) is 8.90. The largest absolute Gasteiger partial charge is 0.481 e. The van der Waals surface area contributed by atoms with E-state index >= 15 is 0 Å². The van der Waals surface area contributed by atoms with Crippen molar-refractivity contribution in [2.75, 3.05) is 12.8 Å². The molecule has 0 fully saturated rings. The number of carbonyl (C=O) groups excluding carboxylic acids is 1. The Kier molecular flexibility index (Phi) is 3.88. The van der Waals surface area contributed by atoms with Gasteiger partial charge in [-0.1, -0.05) is 6.07 Å². The first-order valence-electron chi connectivity index (χ1n) is 4.73. The summed E-state index contributed by atoms with van der Waals surface area (Å²) in [7, 11) is 1.29. The van der Waals surface area contributed by atoms with Crippen molar-refractivity contribution in [1.82, 2.24) is 0 Å². The van der Waals surface area contributed by atoms with Gasteiger partial charge in [0.1, 0.15) is 0 Å². The maximum absolute atomic E-state index is 11.2. The summed E-state index contributed by atoms with van der Waals surface area (Å²) in [6, 6.07) is 4.70. The Balaban J connectivity index is 2.83. The van der Waals surface area contributed by atoms with Crippen molar-refractivity contribution in [1.29, 1.82) is 0 Å². The average molecular weight is 223 g/mol. The lowest BCUT2D eigenvalue weighted by molar-refractivity contribution is -0.136. The van der Waals surface area contributed by atoms with E-state index in [1.165, 1.54) is 13.2 Å². The molecule has 0 aliphatic carbocycles. The van der Waals surface area contributed by atoms with Crippen LogP contribution in [0, 0.1) is 0 Å². The molecule has 0 saturated heterocycles. The molecule has 0 aliphatic heterocycles. The van der Waals surface area contributed by atoms with E-state index in [0.717, 1.165) is 5.56 Å². The Hall–Kier alpha value is -2.04. The van der Waals surface area contributed by atoms with Crippen molar-refractivity contribution in [2.45, 2.75) is 12.8 Å². The van der Waals surface area contributed by atoms with Crippen molar-refractivity contribution in [2.24, 2.45) is 0 Å². The number of hydrogen-bond acceptors (Lipinski definition) is 4. The SMILES string of the molecule is COC(=O)c1ccc(CCC(=O)O)c(N)c1. The second-order valence-electron chi connectivity index (χ2n) is 3.30. The fraction of sp³-hybridized carbons (Fsp3) is 0.273. The molecule has 0 unspecified atom stereocenters. The molecule has 1 aromatic rings. The van der Waals surface area contributed by atoms with Gasteiger partial charge >= 0.3 is 11.9 Å². The molecule has 1 aromatic carbocycles. The molecule has 0 aromatic heterocycles. The molecular weight excluding hydrogens is 210 g/mol. The van der Waals surface area contributed by atoms with Crippen molar-refractivity contribution in [3.8, 4) is 0 Å². The van der Waals surface area contributed by atoms with Crippen molar-refractivity contribution in [3.63, 3.8) is 0 Å². The Bertz CT molecular complexity index is 414. The first-order chi connectivity index (χ1) is 7.54. The van der Waals surface area contributed by atoms with Crippen LogP contribution in [0.1, 0.15) is 22.3 Å². The maximum Gasteiger partial charge on any atom is 0.337 e. The number of nitrogen functional groups attached to an aromatic ring is 1. The Labute approximate surface area is 92.8 Å². The average Bonchev–Trinajstić information content (AvgIpc) is 2.26. The summed E-state index contributed by atoms with van der Waals surface area (Å²) in [5, 5.41) is 8.53. The van der Waals surface area contributed by atoms with Gasteiger partial charge in [0.25, 0.3) is 0 Å². The van der Waals surface area contributed by atoms with Gasteiger partial charge in [-0.3, -0.25) is 4.79 Å². The van der Waals surface area contributed by atoms with E-state index in [0.29, 0.717) is 17.7 Å². The van der Waals surface area contributed by atoms with Crippen LogP contribution < -0.4 is 5.73 Å². The van der Waals surface area contributed by atoms with Gasteiger partial charge in [-0.15, -0.1) is 0 Å². The van der Waals surface area contributed by atoms with Crippen LogP contribution in [0.15, 0.2) is 18.2 Å². The number of anilines is 1. The number of carboxylic acid groups (broad SMARTS) is 1. The van der Waals surface area contributed by atoms with Gasteiger partial charge in [-0.2, -0.15) is 0 Å². The highest BCUT2D eigenvalue weighted by atomic mass is 16.5. The highest BCUT2D eigenvalue weighted by Gasteiger charge is 2.08. The number of benzene rings is 1. The normalized spacial score (nSPS) is 9.81. The number of aryl methyl sites for hydroxylation is 1. The third kappa shape index (κ3) is 2.98. The number of carboxylic acids is 1. The lowest BCUT2D eigenvalue weighted by atomic mass is 10.0. The molecule has 16 heavy (non-hydrogen) atoms. The first-order valence-corrected chi connectivity index (χ1v) is 4.73. The summed E-state index contributed by atoms with van der Waals surface area (Å²) in [6.07, 6.45) is 0.365. The molecule has 5 nitrogen and oxygen atoms in total. The molecule has 0 aliphatic rings. The van der Waals surface area contributed by atoms with Gasteiger partial charge in [0, 0.05) is 12.1 Å². The third-order valence-corrected chi connectivity index (χ3v) is 2.18. The molecule has 0 radical (unpaired) electrons. The standard InChI is InChI=1S/C11H13NO4/c1-16-11(15)8-3-2-7(9(12)6-8)4-5-10(13)14/h2-3,6H,4-5,12H2,1H3,(H,13,14). The highest BCUT2D eigenvalue weighted by molar-refractivity contribution is 5.90. The smallest absolute Gasteiger partial charge is 0.337 e. The van der Waals surface area contributed by atoms with Crippen LogP contribution in [-0.4, -0.2) is 24.2 Å². The summed E-state index contributed by atoms with van der Waals surface area (Å²) in [4.78, 5) is 21.6. The zero-order valence-corrected chi connectivity index (χ0v) is 8.90. The van der Waals surface area contributed by atoms with E-state index < -0.39 is 11.9 Å². The van der Waals surface area contributed by atoms with Crippen LogP contribution in [0.2, 0.25) is 0 Å². The number of esters is 1. The number of hydrogen-bond donors (Lipinski definition) is 2. The Morgan fingerprint density at radius 3 is 2.62 bits per heavy atom. The van der Waals surface area contributed by atoms with Gasteiger partial charge in [-0.25, -0.2) is 4.79 Å². The van der Waals surface area contributed by atoms with Crippen LogP contribution in [0.5, 0.6) is 0 Å². The molecule has 0 spiro atoms. The predicted octanol–water partition coefficient (Wildman–Crippen LogP) is 1.07. The van der Waals surface area contributed by atoms with Gasteiger partial charge in [0.2, 0.25) is 0 Å². The van der Waals surface area contributed by atoms with Crippen LogP contribution in [0.4, 0.5) is 5.69 Å². The van der Waals surface area contributed by atoms with Crippen molar-refractivity contribution >= 4 is 17.6 Å². The molecule has 0 heterocycles. The lowest BCUT2D eigenvalue weighted by Crippen LogP contribution is -2.05. The molecular formula is C11H13NO4. The molecule has 0 bridgehead atoms. The van der Waals surface area contributed by atoms with Crippen LogP contribution in [0.3, 0.4) is 0 Å². The second-order valence-corrected chi connectivity index (χ2v) is 3.30. The lowest BCUT2D eigenvalue weighted by Gasteiger charge is -2.06. The van der Waals surface area contributed by atoms with Crippen LogP contribution >= 0.6 is 0 Å². The van der Waals surface area contributed by atoms with Gasteiger partial charge in [-0.05, 0) is 24.1 Å². The fourth-order valence-corrected chi connectivity index (χ4v) is 1.31. The first kappa shape index (κ1) is 12.0. The quantitative estimate of drug-likeness (QED) is 0.588. The third-order valence-electron chi connectivity index (χ3n) is 2.18. The van der Waals surface area contributed by atoms with Gasteiger partial charge < -0.3 is 15.6 Å². The number of ether oxygens (including phenoxy) is 1. The summed E-state index contributed by atoms with van der Waals surface area (Å²) in [5.74, 6) is -1.34. The minimum atomic E-state index is -0.878. The van der Waals surface area contributed by atoms with Gasteiger partial charge in [0.15, 0.2) is 0 Å². The minimum absolute atomic E-state index is 0.0156.